The first-order valence-corrected chi connectivity index (χ1v) is 12.1. The molecule has 198 valence electrons. The highest BCUT2D eigenvalue weighted by Crippen LogP contribution is 2.29. The summed E-state index contributed by atoms with van der Waals surface area (Å²) in [5, 5.41) is 15.8. The fourth-order valence-electron chi connectivity index (χ4n) is 3.68. The second-order valence-corrected chi connectivity index (χ2v) is 8.78. The Labute approximate surface area is 218 Å². The topological polar surface area (TPSA) is 105 Å². The molecule has 0 radical (unpaired) electrons. The Balaban J connectivity index is 1.56. The van der Waals surface area contributed by atoms with Crippen molar-refractivity contribution in [3.05, 3.63) is 70.8 Å². The van der Waals surface area contributed by atoms with E-state index in [1.807, 2.05) is 0 Å². The Kier molecular flexibility index (Phi) is 10.4. The van der Waals surface area contributed by atoms with E-state index in [0.717, 1.165) is 6.07 Å². The first-order valence-electron chi connectivity index (χ1n) is 11.7. The van der Waals surface area contributed by atoms with Crippen molar-refractivity contribution in [1.29, 1.82) is 0 Å². The van der Waals surface area contributed by atoms with Gasteiger partial charge in [-0.2, -0.15) is 0 Å². The molecule has 0 spiro atoms. The van der Waals surface area contributed by atoms with Gasteiger partial charge in [-0.05, 0) is 49.4 Å². The fourth-order valence-corrected chi connectivity index (χ4v) is 3.91. The summed E-state index contributed by atoms with van der Waals surface area (Å²) in [5.41, 5.74) is 0.721. The molecule has 0 unspecified atom stereocenters. The highest BCUT2D eigenvalue weighted by molar-refractivity contribution is 6.33. The zero-order chi connectivity index (χ0) is 26.8. The van der Waals surface area contributed by atoms with Crippen LogP contribution in [0.25, 0.3) is 11.3 Å². The molecular formula is C26H28ClF2N3O5. The highest BCUT2D eigenvalue weighted by atomic mass is 35.5. The van der Waals surface area contributed by atoms with Gasteiger partial charge in [-0.15, -0.1) is 0 Å². The number of unbranched alkanes of at least 4 members (excludes halogenated alkanes) is 1. The molecule has 3 rings (SSSR count). The van der Waals surface area contributed by atoms with E-state index in [0.29, 0.717) is 35.6 Å². The molecular weight excluding hydrogens is 508 g/mol. The first-order chi connectivity index (χ1) is 17.8. The number of likely N-dealkylation sites (N-methyl/N-ethyl adjacent to an activating group) is 1. The third kappa shape index (κ3) is 7.99. The molecule has 2 aromatic carbocycles. The molecule has 0 aliphatic heterocycles. The molecule has 2 N–H and O–H groups in total. The molecule has 0 saturated heterocycles. The molecule has 0 aliphatic carbocycles. The Bertz CT molecular complexity index is 1210. The number of nitrogens with zero attached hydrogens (tertiary/aromatic N) is 2. The second kappa shape index (κ2) is 13.7. The Hall–Kier alpha value is -3.50. The Morgan fingerprint density at radius 3 is 2.73 bits per heavy atom. The van der Waals surface area contributed by atoms with Crippen LogP contribution in [0.4, 0.5) is 19.4 Å². The number of amides is 2. The largest absolute Gasteiger partial charge is 0.447 e. The minimum Gasteiger partial charge on any atom is -0.447 e. The predicted octanol–water partition coefficient (Wildman–Crippen LogP) is 5.44. The van der Waals surface area contributed by atoms with Gasteiger partial charge in [0.05, 0.1) is 11.1 Å². The van der Waals surface area contributed by atoms with Crippen LogP contribution in [0.3, 0.4) is 0 Å². The van der Waals surface area contributed by atoms with Crippen molar-refractivity contribution >= 4 is 29.4 Å². The van der Waals surface area contributed by atoms with Gasteiger partial charge >= 0.3 is 6.09 Å². The standard InChI is InChI=1S/C26H28ClF2N3O5/c1-32(24(34)13-12-17-7-6-11-21(28)25(17)29)18(8-4-5-14-33)16-36-26(35)30-23-15-22(37-31-23)19-9-2-3-10-20(19)27/h2-3,6-7,9-11,15,18,33H,4-5,8,12-14,16H2,1H3,(H,30,31,35)/t18-/m0/s1. The van der Waals surface area contributed by atoms with Crippen molar-refractivity contribution in [1.82, 2.24) is 10.1 Å². The van der Waals surface area contributed by atoms with Crippen molar-refractivity contribution in [2.75, 3.05) is 25.6 Å². The van der Waals surface area contributed by atoms with Crippen LogP contribution in [0.15, 0.2) is 53.1 Å². The Morgan fingerprint density at radius 1 is 1.19 bits per heavy atom. The summed E-state index contributed by atoms with van der Waals surface area (Å²) in [4.78, 5) is 26.6. The number of aromatic nitrogens is 1. The molecule has 0 bridgehead atoms. The van der Waals surface area contributed by atoms with Crippen molar-refractivity contribution in [3.8, 4) is 11.3 Å². The molecule has 0 aliphatic rings. The molecule has 0 saturated carbocycles. The molecule has 37 heavy (non-hydrogen) atoms. The van der Waals surface area contributed by atoms with Crippen LogP contribution in [-0.2, 0) is 16.0 Å². The smallest absolute Gasteiger partial charge is 0.412 e. The van der Waals surface area contributed by atoms with E-state index in [1.54, 1.807) is 31.3 Å². The van der Waals surface area contributed by atoms with E-state index < -0.39 is 23.8 Å². The van der Waals surface area contributed by atoms with E-state index >= 15 is 0 Å². The van der Waals surface area contributed by atoms with Crippen molar-refractivity contribution in [2.24, 2.45) is 0 Å². The van der Waals surface area contributed by atoms with Gasteiger partial charge < -0.3 is 19.3 Å². The summed E-state index contributed by atoms with van der Waals surface area (Å²) >= 11 is 6.15. The monoisotopic (exact) mass is 535 g/mol. The molecule has 8 nitrogen and oxygen atoms in total. The molecule has 1 heterocycles. The fraction of sp³-hybridized carbons (Fsp3) is 0.346. The van der Waals surface area contributed by atoms with Gasteiger partial charge in [0.15, 0.2) is 23.2 Å². The predicted molar refractivity (Wildman–Crippen MR) is 134 cm³/mol. The van der Waals surface area contributed by atoms with Crippen LogP contribution in [0, 0.1) is 11.6 Å². The zero-order valence-electron chi connectivity index (χ0n) is 20.3. The summed E-state index contributed by atoms with van der Waals surface area (Å²) < 4.78 is 37.9. The van der Waals surface area contributed by atoms with Crippen LogP contribution in [0.5, 0.6) is 0 Å². The van der Waals surface area contributed by atoms with Crippen molar-refractivity contribution < 1.29 is 32.7 Å². The van der Waals surface area contributed by atoms with Gasteiger partial charge in [-0.1, -0.05) is 41.0 Å². The number of aryl methyl sites for hydroxylation is 1. The minimum atomic E-state index is -0.969. The van der Waals surface area contributed by atoms with Gasteiger partial charge in [0.1, 0.15) is 6.61 Å². The summed E-state index contributed by atoms with van der Waals surface area (Å²) in [6.45, 7) is -0.131. The number of carbonyl (C=O) groups excluding carboxylic acids is 2. The SMILES string of the molecule is CN(C(=O)CCc1cccc(F)c1F)[C@@H](CCCCO)COC(=O)Nc1cc(-c2ccccc2Cl)on1. The Morgan fingerprint density at radius 2 is 1.97 bits per heavy atom. The lowest BCUT2D eigenvalue weighted by atomic mass is 10.1. The third-order valence-electron chi connectivity index (χ3n) is 5.81. The summed E-state index contributed by atoms with van der Waals surface area (Å²) in [6, 6.07) is 11.9. The quantitative estimate of drug-likeness (QED) is 0.299. The van der Waals surface area contributed by atoms with E-state index in [1.165, 1.54) is 23.1 Å². The molecule has 1 aromatic heterocycles. The number of anilines is 1. The number of aliphatic hydroxyl groups is 1. The average Bonchev–Trinajstić information content (AvgIpc) is 3.34. The van der Waals surface area contributed by atoms with Gasteiger partial charge in [-0.25, -0.2) is 13.6 Å². The zero-order valence-corrected chi connectivity index (χ0v) is 21.0. The van der Waals surface area contributed by atoms with Gasteiger partial charge in [-0.3, -0.25) is 10.1 Å². The lowest BCUT2D eigenvalue weighted by molar-refractivity contribution is -0.133. The van der Waals surface area contributed by atoms with Crippen molar-refractivity contribution in [2.45, 2.75) is 38.1 Å². The van der Waals surface area contributed by atoms with Crippen LogP contribution in [0.1, 0.15) is 31.2 Å². The van der Waals surface area contributed by atoms with Crippen LogP contribution >= 0.6 is 11.6 Å². The van der Waals surface area contributed by atoms with Crippen molar-refractivity contribution in [3.63, 3.8) is 0 Å². The number of hydrogen-bond donors (Lipinski definition) is 2. The second-order valence-electron chi connectivity index (χ2n) is 8.37. The average molecular weight is 536 g/mol. The normalized spacial score (nSPS) is 11.7. The molecule has 3 aromatic rings. The van der Waals surface area contributed by atoms with Crippen LogP contribution in [0.2, 0.25) is 5.02 Å². The van der Waals surface area contributed by atoms with Gasteiger partial charge in [0.2, 0.25) is 5.91 Å². The number of aliphatic hydroxyl groups excluding tert-OH is 1. The number of halogens is 3. The van der Waals surface area contributed by atoms with Gasteiger partial charge in [0, 0.05) is 31.7 Å². The minimum absolute atomic E-state index is 0.00943. The maximum Gasteiger partial charge on any atom is 0.412 e. The molecule has 1 atom stereocenters. The summed E-state index contributed by atoms with van der Waals surface area (Å²) in [6.07, 6.45) is 0.746. The molecule has 11 heteroatoms. The number of benzene rings is 2. The maximum absolute atomic E-state index is 13.9. The van der Waals surface area contributed by atoms with Crippen LogP contribution < -0.4 is 5.32 Å². The maximum atomic E-state index is 13.9. The van der Waals surface area contributed by atoms with E-state index in [4.69, 9.17) is 26.0 Å². The van der Waals surface area contributed by atoms with Gasteiger partial charge in [0.25, 0.3) is 0 Å². The highest BCUT2D eigenvalue weighted by Gasteiger charge is 2.22. The van der Waals surface area contributed by atoms with E-state index in [2.05, 4.69) is 10.5 Å². The third-order valence-corrected chi connectivity index (χ3v) is 6.14. The number of hydrogen-bond acceptors (Lipinski definition) is 6. The number of nitrogens with one attached hydrogen (secondary N) is 1. The lowest BCUT2D eigenvalue weighted by Crippen LogP contribution is -2.41. The summed E-state index contributed by atoms with van der Waals surface area (Å²) in [7, 11) is 1.56. The van der Waals surface area contributed by atoms with E-state index in [9.17, 15) is 18.4 Å². The number of carbonyl (C=O) groups is 2. The first kappa shape index (κ1) is 28.1. The summed E-state index contributed by atoms with van der Waals surface area (Å²) in [5.74, 6) is -1.77. The van der Waals surface area contributed by atoms with E-state index in [-0.39, 0.29) is 43.3 Å². The van der Waals surface area contributed by atoms with Crippen LogP contribution in [-0.4, -0.2) is 53.5 Å². The number of ether oxygens (including phenoxy) is 1. The lowest BCUT2D eigenvalue weighted by Gasteiger charge is -2.28. The molecule has 0 fully saturated rings. The molecule has 2 amide bonds. The number of rotatable bonds is 12.